The van der Waals surface area contributed by atoms with Gasteiger partial charge in [-0.25, -0.2) is 0 Å². The standard InChI is InChI=1S/C30H29NO.C30H28NO.2C14H14N.2CH3.2Ir/c2*1-19-18-31-27(17-26(19)21-13-15-30(2,3)16-14-21)25-10-6-9-23-24-12-11-20-7-4-5-8-22(20)28(24)32-29(23)25;2*1-10-4-6-13(7-5-10)14-8-11(2)12(3)9-15-14;;;;/h4-12,17-18,21H,13-16H2,1-3H3;4-9,11-12,17-18,21H,13-16H2,1-3H3;2*4-6,8-9H,1-3H3;2*1H3;;/q;5*-1;;/i2*1D3,21D;2*1D3,2D3,3D3;;;;. The second-order valence-corrected chi connectivity index (χ2v) is 25.8. The molecule has 2 radical (unpaired) electrons. The zero-order valence-corrected chi connectivity index (χ0v) is 60.1. The van der Waals surface area contributed by atoms with Crippen molar-refractivity contribution in [3.63, 3.8) is 0 Å². The molecule has 506 valence electrons. The third-order valence-electron chi connectivity index (χ3n) is 18.2. The van der Waals surface area contributed by atoms with Gasteiger partial charge in [0.15, 0.2) is 0 Å². The molecule has 0 atom stereocenters. The van der Waals surface area contributed by atoms with Gasteiger partial charge in [0.2, 0.25) is 0 Å². The number of furan rings is 2. The first-order valence-corrected chi connectivity index (χ1v) is 31.4. The van der Waals surface area contributed by atoms with Crippen molar-refractivity contribution in [3.8, 4) is 45.0 Å². The molecule has 0 amide bonds. The molecular formula is C90H91Ir2N4O2-5. The van der Waals surface area contributed by atoms with Crippen LogP contribution in [0.4, 0.5) is 0 Å². The molecule has 98 heavy (non-hydrogen) atoms. The average Bonchev–Trinajstić information content (AvgIpc) is 1.56. The van der Waals surface area contributed by atoms with Crippen molar-refractivity contribution >= 4 is 65.4 Å². The summed E-state index contributed by atoms with van der Waals surface area (Å²) in [5, 5.41) is 8.33. The average molecular weight is 1670 g/mol. The smallest absolute Gasteiger partial charge is 0.144 e. The van der Waals surface area contributed by atoms with Gasteiger partial charge in [0.05, 0.1) is 11.3 Å². The summed E-state index contributed by atoms with van der Waals surface area (Å²) in [5.41, 5.74) is 7.71. The molecule has 0 N–H and O–H groups in total. The maximum atomic E-state index is 9.36. The van der Waals surface area contributed by atoms with E-state index in [0.29, 0.717) is 70.5 Å². The van der Waals surface area contributed by atoms with Gasteiger partial charge in [0.1, 0.15) is 16.7 Å². The summed E-state index contributed by atoms with van der Waals surface area (Å²) in [6.45, 7) is -10.7. The van der Waals surface area contributed by atoms with E-state index in [1.54, 1.807) is 0 Å². The summed E-state index contributed by atoms with van der Waals surface area (Å²) in [6, 6.07) is 57.6. The predicted molar refractivity (Wildman–Crippen MR) is 405 cm³/mol. The largest absolute Gasteiger partial charge is 0.500 e. The molecular weight excluding hydrogens is 1550 g/mol. The Morgan fingerprint density at radius 2 is 0.827 bits per heavy atom. The van der Waals surface area contributed by atoms with E-state index in [1.807, 2.05) is 66.7 Å². The fourth-order valence-electron chi connectivity index (χ4n) is 12.5. The minimum Gasteiger partial charge on any atom is -0.500 e. The fraction of sp³-hybridized carbons (Fsp3) is 0.267. The molecule has 14 aromatic rings. The molecule has 0 spiro atoms. The van der Waals surface area contributed by atoms with E-state index in [0.717, 1.165) is 103 Å². The first kappa shape index (κ1) is 46.2. The molecule has 0 bridgehead atoms. The van der Waals surface area contributed by atoms with Crippen LogP contribution in [-0.4, -0.2) is 19.9 Å². The van der Waals surface area contributed by atoms with Gasteiger partial charge in [-0.2, -0.15) is 0 Å². The number of benzene rings is 8. The summed E-state index contributed by atoms with van der Waals surface area (Å²) in [6.07, 6.45) is 11.0. The number of aromatic nitrogens is 4. The maximum Gasteiger partial charge on any atom is 0.144 e. The Morgan fingerprint density at radius 3 is 1.31 bits per heavy atom. The third kappa shape index (κ3) is 15.9. The van der Waals surface area contributed by atoms with E-state index in [2.05, 4.69) is 114 Å². The fourth-order valence-corrected chi connectivity index (χ4v) is 12.5. The normalized spacial score (nSPS) is 19.8. The van der Waals surface area contributed by atoms with Gasteiger partial charge >= 0.3 is 0 Å². The van der Waals surface area contributed by atoms with Crippen LogP contribution >= 0.6 is 0 Å². The van der Waals surface area contributed by atoms with Gasteiger partial charge in [-0.15, -0.1) is 89.0 Å². The van der Waals surface area contributed by atoms with Gasteiger partial charge in [0, 0.05) is 133 Å². The number of pyridine rings is 4. The van der Waals surface area contributed by atoms with Crippen LogP contribution in [0.1, 0.15) is 182 Å². The topological polar surface area (TPSA) is 77.8 Å². The second kappa shape index (κ2) is 31.3. The van der Waals surface area contributed by atoms with Crippen molar-refractivity contribution < 1.29 is 84.7 Å². The number of para-hydroxylation sites is 1. The van der Waals surface area contributed by atoms with Gasteiger partial charge < -0.3 is 38.6 Å². The van der Waals surface area contributed by atoms with Crippen LogP contribution < -0.4 is 0 Å². The SMILES string of the molecule is [2H]C([2H])([2H])c1c[c-]c(-c2cc(C([2H])([2H])[2H])c(C([2H])([2H])[2H])cn2)cc1.[2H]C([2H])([2H])c1c[c-]c(-c2cc(C([2H])([2H])[2H])c(C([2H])([2H])[2H])cn2)cc1.[2H]C([2H])([2H])c1cnc(-c2[c-]ccc3c2oc2c4ccccc4ccc32)cc1C1([2H])CCC(C)(C)CC1.[2H]C([2H])([2H])c1cnc(-c2cccc3c2oc2c4ccccc4ccc32)cc1C1([2H])CCC(C)(C)CC1.[CH3-].[CH3-].[Ir].[Ir]. The van der Waals surface area contributed by atoms with Crippen molar-refractivity contribution in [2.24, 2.45) is 10.8 Å². The molecule has 6 heterocycles. The summed E-state index contributed by atoms with van der Waals surface area (Å²) < 4.78 is 214. The second-order valence-electron chi connectivity index (χ2n) is 25.8. The zero-order valence-electron chi connectivity index (χ0n) is 81.3. The van der Waals surface area contributed by atoms with Crippen molar-refractivity contribution in [1.29, 1.82) is 0 Å². The number of nitrogens with zero attached hydrogens (tertiary/aromatic N) is 4. The molecule has 8 heteroatoms. The van der Waals surface area contributed by atoms with Crippen LogP contribution in [0.5, 0.6) is 0 Å². The van der Waals surface area contributed by atoms with Gasteiger partial charge in [-0.1, -0.05) is 161 Å². The van der Waals surface area contributed by atoms with E-state index in [1.165, 1.54) is 60.9 Å². The molecule has 6 nitrogen and oxygen atoms in total. The molecule has 2 aliphatic rings. The van der Waals surface area contributed by atoms with E-state index in [9.17, 15) is 2.74 Å². The number of rotatable bonds is 6. The molecule has 2 fully saturated rings. The summed E-state index contributed by atoms with van der Waals surface area (Å²) in [5.74, 6) is -1.91. The molecule has 8 aromatic carbocycles. The number of aryl methyl sites for hydroxylation is 8. The zero-order chi connectivity index (χ0) is 87.3. The Labute approximate surface area is 645 Å². The molecule has 2 aliphatic carbocycles. The van der Waals surface area contributed by atoms with Crippen molar-refractivity contribution in [3.05, 3.63) is 277 Å². The molecule has 0 saturated heterocycles. The minimum absolute atomic E-state index is 0. The summed E-state index contributed by atoms with van der Waals surface area (Å²) in [4.78, 5) is 17.2. The van der Waals surface area contributed by atoms with E-state index in [4.69, 9.17) is 41.7 Å². The summed E-state index contributed by atoms with van der Waals surface area (Å²) in [7, 11) is 0. The first-order valence-electron chi connectivity index (χ1n) is 44.4. The van der Waals surface area contributed by atoms with E-state index < -0.39 is 66.6 Å². The quantitative estimate of drug-likeness (QED) is 0.154. The Hall–Kier alpha value is -8.22. The number of hydrogen-bond donors (Lipinski definition) is 0. The van der Waals surface area contributed by atoms with Crippen molar-refractivity contribution in [1.82, 2.24) is 19.9 Å². The van der Waals surface area contributed by atoms with Crippen LogP contribution in [0, 0.1) is 98.7 Å². The van der Waals surface area contributed by atoms with Crippen LogP contribution in [0.15, 0.2) is 197 Å². The first-order chi connectivity index (χ1) is 55.7. The maximum absolute atomic E-state index is 9.36. The predicted octanol–water partition coefficient (Wildman–Crippen LogP) is 25.2. The van der Waals surface area contributed by atoms with Crippen LogP contribution in [0.3, 0.4) is 0 Å². The third-order valence-corrected chi connectivity index (χ3v) is 18.2. The van der Waals surface area contributed by atoms with E-state index in [-0.39, 0.29) is 122 Å². The van der Waals surface area contributed by atoms with Gasteiger partial charge in [-0.3, -0.25) is 4.98 Å². The monoisotopic (exact) mass is 1670 g/mol. The van der Waals surface area contributed by atoms with Gasteiger partial charge in [0.25, 0.3) is 0 Å². The Morgan fingerprint density at radius 1 is 0.398 bits per heavy atom. The Balaban J connectivity index is 0.000000189. The Bertz CT molecular complexity index is 5780. The molecule has 6 aromatic heterocycles. The van der Waals surface area contributed by atoms with Crippen LogP contribution in [0.25, 0.3) is 110 Å². The van der Waals surface area contributed by atoms with Gasteiger partial charge in [-0.05, 0) is 195 Å². The molecule has 0 unspecified atom stereocenters. The Kier molecular flexibility index (Phi) is 14.8. The van der Waals surface area contributed by atoms with Crippen LogP contribution in [-0.2, 0) is 40.2 Å². The summed E-state index contributed by atoms with van der Waals surface area (Å²) >= 11 is 0. The van der Waals surface area contributed by atoms with Crippen LogP contribution in [0.2, 0.25) is 0 Å². The minimum atomic E-state index is -2.61. The molecule has 2 saturated carbocycles. The van der Waals surface area contributed by atoms with Crippen molar-refractivity contribution in [2.75, 3.05) is 0 Å². The van der Waals surface area contributed by atoms with Crippen molar-refractivity contribution in [2.45, 2.75) is 146 Å². The number of hydrogen-bond acceptors (Lipinski definition) is 6. The number of fused-ring (bicyclic) bond motifs is 10. The molecule has 16 rings (SSSR count). The van der Waals surface area contributed by atoms with E-state index >= 15 is 0 Å². The molecule has 0 aliphatic heterocycles.